The highest BCUT2D eigenvalue weighted by molar-refractivity contribution is 6.35. The van der Waals surface area contributed by atoms with Gasteiger partial charge in [-0.2, -0.15) is 0 Å². The van der Waals surface area contributed by atoms with E-state index in [1.807, 2.05) is 6.92 Å². The number of hydrogen-bond donors (Lipinski definition) is 1. The van der Waals surface area contributed by atoms with Crippen LogP contribution in [0.25, 0.3) is 0 Å². The molecule has 1 N–H and O–H groups in total. The predicted octanol–water partition coefficient (Wildman–Crippen LogP) is 4.71. The molecule has 1 heterocycles. The van der Waals surface area contributed by atoms with Gasteiger partial charge in [0.15, 0.2) is 0 Å². The quantitative estimate of drug-likeness (QED) is 0.832. The van der Waals surface area contributed by atoms with Gasteiger partial charge in [-0.3, -0.25) is 4.98 Å². The fraction of sp³-hybridized carbons (Fsp3) is 0.214. The lowest BCUT2D eigenvalue weighted by Crippen LogP contribution is -2.08. The van der Waals surface area contributed by atoms with E-state index in [2.05, 4.69) is 4.98 Å². The van der Waals surface area contributed by atoms with Crippen molar-refractivity contribution in [3.05, 3.63) is 63.4 Å². The van der Waals surface area contributed by atoms with E-state index >= 15 is 0 Å². The number of pyridine rings is 1. The Morgan fingerprint density at radius 2 is 1.89 bits per heavy atom. The molecule has 0 aliphatic carbocycles. The molecule has 2 unspecified atom stereocenters. The minimum atomic E-state index is -0.881. The maximum absolute atomic E-state index is 10.4. The van der Waals surface area contributed by atoms with Crippen LogP contribution >= 0.6 is 34.8 Å². The largest absolute Gasteiger partial charge is 0.386 e. The van der Waals surface area contributed by atoms with E-state index in [0.717, 1.165) is 5.69 Å². The fourth-order valence-corrected chi connectivity index (χ4v) is 2.77. The van der Waals surface area contributed by atoms with E-state index < -0.39 is 11.5 Å². The zero-order chi connectivity index (χ0) is 14.0. The van der Waals surface area contributed by atoms with Gasteiger partial charge in [-0.15, -0.1) is 11.6 Å². The second-order valence-electron chi connectivity index (χ2n) is 4.19. The second-order valence-corrected chi connectivity index (χ2v) is 5.50. The zero-order valence-corrected chi connectivity index (χ0v) is 12.4. The van der Waals surface area contributed by atoms with Crippen LogP contribution in [0.5, 0.6) is 0 Å². The number of aliphatic hydroxyl groups excluding tert-OH is 1. The van der Waals surface area contributed by atoms with Gasteiger partial charge in [-0.05, 0) is 30.7 Å². The molecule has 5 heteroatoms. The highest BCUT2D eigenvalue weighted by Gasteiger charge is 2.24. The third kappa shape index (κ3) is 3.21. The van der Waals surface area contributed by atoms with Gasteiger partial charge in [0.2, 0.25) is 0 Å². The van der Waals surface area contributed by atoms with Crippen molar-refractivity contribution in [1.29, 1.82) is 0 Å². The van der Waals surface area contributed by atoms with Crippen LogP contribution in [0.2, 0.25) is 10.0 Å². The molecule has 0 aliphatic heterocycles. The minimum Gasteiger partial charge on any atom is -0.386 e. The molecule has 2 rings (SSSR count). The first kappa shape index (κ1) is 14.6. The van der Waals surface area contributed by atoms with Crippen LogP contribution < -0.4 is 0 Å². The van der Waals surface area contributed by atoms with E-state index in [1.165, 1.54) is 0 Å². The van der Waals surface area contributed by atoms with Gasteiger partial charge in [0.25, 0.3) is 0 Å². The molecule has 19 heavy (non-hydrogen) atoms. The summed E-state index contributed by atoms with van der Waals surface area (Å²) in [5.74, 6) is 0. The Bertz CT molecular complexity index is 589. The van der Waals surface area contributed by atoms with Crippen molar-refractivity contribution in [2.45, 2.75) is 18.4 Å². The number of halogens is 3. The zero-order valence-electron chi connectivity index (χ0n) is 10.1. The highest BCUT2D eigenvalue weighted by Crippen LogP contribution is 2.39. The number of aromatic nitrogens is 1. The lowest BCUT2D eigenvalue weighted by Gasteiger charge is -2.20. The summed E-state index contributed by atoms with van der Waals surface area (Å²) in [4.78, 5) is 4.14. The van der Waals surface area contributed by atoms with Crippen LogP contribution in [0.15, 0.2) is 36.5 Å². The van der Waals surface area contributed by atoms with Crippen LogP contribution in [0.4, 0.5) is 0 Å². The molecular weight excluding hydrogens is 305 g/mol. The molecule has 0 fully saturated rings. The average Bonchev–Trinajstić information content (AvgIpc) is 2.38. The first-order valence-corrected chi connectivity index (χ1v) is 6.88. The molecule has 2 atom stereocenters. The summed E-state index contributed by atoms with van der Waals surface area (Å²) < 4.78 is 0. The third-order valence-electron chi connectivity index (χ3n) is 2.90. The van der Waals surface area contributed by atoms with Crippen molar-refractivity contribution in [3.8, 4) is 0 Å². The van der Waals surface area contributed by atoms with Crippen LogP contribution in [-0.4, -0.2) is 10.1 Å². The molecule has 1 aromatic heterocycles. The van der Waals surface area contributed by atoms with Crippen LogP contribution in [-0.2, 0) is 0 Å². The van der Waals surface area contributed by atoms with Crippen LogP contribution in [0.1, 0.15) is 28.3 Å². The maximum Gasteiger partial charge on any atom is 0.101 e. The Kier molecular flexibility index (Phi) is 4.69. The minimum absolute atomic E-state index is 0.438. The standard InChI is InChI=1S/C14H12Cl3NO/c1-8-10(3-2-6-18-8)14(19)13(17)11-5-4-9(15)7-12(11)16/h2-7,13-14,19H,1H3. The van der Waals surface area contributed by atoms with Crippen molar-refractivity contribution in [3.63, 3.8) is 0 Å². The van der Waals surface area contributed by atoms with Crippen molar-refractivity contribution in [1.82, 2.24) is 4.98 Å². The third-order valence-corrected chi connectivity index (χ3v) is 3.94. The second kappa shape index (κ2) is 6.10. The summed E-state index contributed by atoms with van der Waals surface area (Å²) >= 11 is 18.3. The predicted molar refractivity (Wildman–Crippen MR) is 79.0 cm³/mol. The van der Waals surface area contributed by atoms with Gasteiger partial charge in [-0.1, -0.05) is 35.3 Å². The van der Waals surface area contributed by atoms with E-state index in [4.69, 9.17) is 34.8 Å². The summed E-state index contributed by atoms with van der Waals surface area (Å²) in [7, 11) is 0. The molecular formula is C14H12Cl3NO. The lowest BCUT2D eigenvalue weighted by molar-refractivity contribution is 0.171. The van der Waals surface area contributed by atoms with Crippen molar-refractivity contribution in [2.75, 3.05) is 0 Å². The van der Waals surface area contributed by atoms with Gasteiger partial charge < -0.3 is 5.11 Å². The smallest absolute Gasteiger partial charge is 0.101 e. The van der Waals surface area contributed by atoms with Crippen molar-refractivity contribution < 1.29 is 5.11 Å². The number of alkyl halides is 1. The molecule has 1 aromatic carbocycles. The molecule has 0 radical (unpaired) electrons. The number of hydrogen-bond acceptors (Lipinski definition) is 2. The Morgan fingerprint density at radius 3 is 2.53 bits per heavy atom. The molecule has 0 saturated heterocycles. The topological polar surface area (TPSA) is 33.1 Å². The van der Waals surface area contributed by atoms with Gasteiger partial charge in [-0.25, -0.2) is 0 Å². The van der Waals surface area contributed by atoms with Gasteiger partial charge >= 0.3 is 0 Å². The molecule has 0 aliphatic rings. The molecule has 2 nitrogen and oxygen atoms in total. The summed E-state index contributed by atoms with van der Waals surface area (Å²) in [5.41, 5.74) is 2.07. The first-order valence-electron chi connectivity index (χ1n) is 5.69. The Hall–Kier alpha value is -0.800. The number of benzene rings is 1. The maximum atomic E-state index is 10.4. The molecule has 2 aromatic rings. The molecule has 0 amide bonds. The van der Waals surface area contributed by atoms with E-state index in [0.29, 0.717) is 21.2 Å². The van der Waals surface area contributed by atoms with Gasteiger partial charge in [0.1, 0.15) is 6.10 Å². The number of nitrogens with zero attached hydrogens (tertiary/aromatic N) is 1. The van der Waals surface area contributed by atoms with Crippen LogP contribution in [0, 0.1) is 6.92 Å². The summed E-state index contributed by atoms with van der Waals surface area (Å²) in [6.07, 6.45) is 0.790. The Morgan fingerprint density at radius 1 is 1.16 bits per heavy atom. The first-order chi connectivity index (χ1) is 9.00. The normalized spacial score (nSPS) is 14.2. The molecule has 100 valence electrons. The molecule has 0 spiro atoms. The van der Waals surface area contributed by atoms with Crippen LogP contribution in [0.3, 0.4) is 0 Å². The van der Waals surface area contributed by atoms with E-state index in [9.17, 15) is 5.11 Å². The molecule has 0 saturated carbocycles. The lowest BCUT2D eigenvalue weighted by atomic mass is 10.00. The summed E-state index contributed by atoms with van der Waals surface area (Å²) in [6, 6.07) is 8.58. The number of aliphatic hydroxyl groups is 1. The number of rotatable bonds is 3. The molecule has 0 bridgehead atoms. The monoisotopic (exact) mass is 315 g/mol. The van der Waals surface area contributed by atoms with Gasteiger partial charge in [0, 0.05) is 27.5 Å². The SMILES string of the molecule is Cc1ncccc1C(O)C(Cl)c1ccc(Cl)cc1Cl. The highest BCUT2D eigenvalue weighted by atomic mass is 35.5. The van der Waals surface area contributed by atoms with Crippen molar-refractivity contribution >= 4 is 34.8 Å². The van der Waals surface area contributed by atoms with E-state index in [-0.39, 0.29) is 0 Å². The fourth-order valence-electron chi connectivity index (χ4n) is 1.86. The van der Waals surface area contributed by atoms with Crippen molar-refractivity contribution in [2.24, 2.45) is 0 Å². The average molecular weight is 317 g/mol. The number of aryl methyl sites for hydroxylation is 1. The Balaban J connectivity index is 2.33. The summed E-state index contributed by atoms with van der Waals surface area (Å²) in [6.45, 7) is 1.83. The Labute approximate surface area is 127 Å². The summed E-state index contributed by atoms with van der Waals surface area (Å²) in [5, 5.41) is 10.7. The van der Waals surface area contributed by atoms with E-state index in [1.54, 1.807) is 36.5 Å². The van der Waals surface area contributed by atoms with Gasteiger partial charge in [0.05, 0.1) is 5.38 Å².